The predicted octanol–water partition coefficient (Wildman–Crippen LogP) is 13.7. The first-order valence-electron chi connectivity index (χ1n) is 17.7. The summed E-state index contributed by atoms with van der Waals surface area (Å²) >= 11 is 0. The molecule has 1 aliphatic carbocycles. The molecule has 2 nitrogen and oxygen atoms in total. The average molecular weight is 654 g/mol. The van der Waals surface area contributed by atoms with Crippen molar-refractivity contribution in [3.05, 3.63) is 187 Å². The Morgan fingerprint density at radius 1 is 0.392 bits per heavy atom. The number of nitrogens with zero attached hydrogens (tertiary/aromatic N) is 1. The van der Waals surface area contributed by atoms with E-state index in [9.17, 15) is 0 Å². The largest absolute Gasteiger partial charge is 0.456 e. The third-order valence-electron chi connectivity index (χ3n) is 10.9. The SMILES string of the molecule is CC1(C)c2ccc(-c3ccccc3)cc2-c2cc(N(c3ccccc3)c3ccc4c(c3)Oc3ccc(-c5ccccc5)c5cccc-4c35)ccc21. The summed E-state index contributed by atoms with van der Waals surface area (Å²) in [5.41, 5.74) is 15.7. The molecule has 0 atom stereocenters. The summed E-state index contributed by atoms with van der Waals surface area (Å²) in [4.78, 5) is 2.35. The van der Waals surface area contributed by atoms with Crippen molar-refractivity contribution in [1.82, 2.24) is 0 Å². The second-order valence-corrected chi connectivity index (χ2v) is 14.1. The molecular formula is C49H35NO. The van der Waals surface area contributed by atoms with Crippen LogP contribution in [0.15, 0.2) is 176 Å². The van der Waals surface area contributed by atoms with Gasteiger partial charge in [0.25, 0.3) is 0 Å². The molecule has 8 aromatic carbocycles. The van der Waals surface area contributed by atoms with Crippen LogP contribution in [0.5, 0.6) is 11.5 Å². The molecule has 51 heavy (non-hydrogen) atoms. The highest BCUT2D eigenvalue weighted by molar-refractivity contribution is 6.10. The first kappa shape index (κ1) is 29.5. The molecule has 242 valence electrons. The maximum absolute atomic E-state index is 6.78. The van der Waals surface area contributed by atoms with Crippen LogP contribution in [0.1, 0.15) is 25.0 Å². The molecule has 8 aromatic rings. The summed E-state index contributed by atoms with van der Waals surface area (Å²) in [5, 5.41) is 2.36. The minimum Gasteiger partial charge on any atom is -0.456 e. The maximum atomic E-state index is 6.78. The molecule has 0 spiro atoms. The van der Waals surface area contributed by atoms with Gasteiger partial charge in [-0.3, -0.25) is 0 Å². The van der Waals surface area contributed by atoms with Gasteiger partial charge in [0.15, 0.2) is 0 Å². The average Bonchev–Trinajstić information content (AvgIpc) is 3.41. The van der Waals surface area contributed by atoms with Crippen molar-refractivity contribution < 1.29 is 4.74 Å². The summed E-state index contributed by atoms with van der Waals surface area (Å²) < 4.78 is 6.78. The first-order chi connectivity index (χ1) is 25.0. The van der Waals surface area contributed by atoms with Crippen LogP contribution in [0.2, 0.25) is 0 Å². The molecule has 0 unspecified atom stereocenters. The molecule has 0 radical (unpaired) electrons. The van der Waals surface area contributed by atoms with Crippen LogP contribution in [0.4, 0.5) is 17.1 Å². The number of hydrogen-bond acceptors (Lipinski definition) is 2. The Morgan fingerprint density at radius 3 is 1.78 bits per heavy atom. The monoisotopic (exact) mass is 653 g/mol. The van der Waals surface area contributed by atoms with Gasteiger partial charge in [0, 0.05) is 39.5 Å². The van der Waals surface area contributed by atoms with Gasteiger partial charge in [-0.1, -0.05) is 135 Å². The molecule has 2 heteroatoms. The lowest BCUT2D eigenvalue weighted by Gasteiger charge is -2.29. The van der Waals surface area contributed by atoms with Crippen molar-refractivity contribution in [1.29, 1.82) is 0 Å². The Morgan fingerprint density at radius 2 is 1.02 bits per heavy atom. The van der Waals surface area contributed by atoms with Gasteiger partial charge in [-0.25, -0.2) is 0 Å². The van der Waals surface area contributed by atoms with Gasteiger partial charge >= 0.3 is 0 Å². The highest BCUT2D eigenvalue weighted by atomic mass is 16.5. The molecule has 0 N–H and O–H groups in total. The second-order valence-electron chi connectivity index (χ2n) is 14.1. The lowest BCUT2D eigenvalue weighted by atomic mass is 9.82. The van der Waals surface area contributed by atoms with Gasteiger partial charge in [-0.15, -0.1) is 0 Å². The van der Waals surface area contributed by atoms with Crippen LogP contribution in [0.3, 0.4) is 0 Å². The first-order valence-corrected chi connectivity index (χ1v) is 17.7. The zero-order chi connectivity index (χ0) is 34.1. The van der Waals surface area contributed by atoms with E-state index < -0.39 is 0 Å². The molecule has 0 bridgehead atoms. The highest BCUT2D eigenvalue weighted by Gasteiger charge is 2.36. The minimum atomic E-state index is -0.0928. The standard InChI is InChI=1S/C49H35NO/c1-49(2)44-26-21-34(32-13-6-3-7-14-32)29-42(44)43-30-36(23-27-45(43)49)50(35-17-10-5-11-18-35)37-22-24-39-41-20-12-19-40-38(33-15-8-4-9-16-33)25-28-46(48(40)41)51-47(39)31-37/h3-31H,1-2H3. The Labute approximate surface area is 298 Å². The Bertz CT molecular complexity index is 2620. The fraction of sp³-hybridized carbons (Fsp3) is 0.0612. The van der Waals surface area contributed by atoms with Crippen LogP contribution in [-0.4, -0.2) is 0 Å². The van der Waals surface area contributed by atoms with Crippen LogP contribution >= 0.6 is 0 Å². The molecule has 0 aromatic heterocycles. The summed E-state index contributed by atoms with van der Waals surface area (Å²) in [6, 6.07) is 63.5. The molecule has 0 fully saturated rings. The summed E-state index contributed by atoms with van der Waals surface area (Å²) in [5.74, 6) is 1.75. The second kappa shape index (κ2) is 11.3. The topological polar surface area (TPSA) is 12.5 Å². The molecule has 1 aliphatic heterocycles. The third kappa shape index (κ3) is 4.64. The van der Waals surface area contributed by atoms with E-state index in [0.717, 1.165) is 39.5 Å². The fourth-order valence-electron chi connectivity index (χ4n) is 8.36. The van der Waals surface area contributed by atoms with Crippen molar-refractivity contribution in [3.63, 3.8) is 0 Å². The lowest BCUT2D eigenvalue weighted by molar-refractivity contribution is 0.487. The van der Waals surface area contributed by atoms with E-state index in [0.29, 0.717) is 0 Å². The molecular weight excluding hydrogens is 619 g/mol. The summed E-state index contributed by atoms with van der Waals surface area (Å²) in [6.07, 6.45) is 0. The van der Waals surface area contributed by atoms with E-state index in [2.05, 4.69) is 195 Å². The Kier molecular flexibility index (Phi) is 6.56. The maximum Gasteiger partial charge on any atom is 0.137 e. The predicted molar refractivity (Wildman–Crippen MR) is 213 cm³/mol. The fourth-order valence-corrected chi connectivity index (χ4v) is 8.36. The molecule has 0 saturated heterocycles. The number of anilines is 3. The number of fused-ring (bicyclic) bond motifs is 5. The summed E-state index contributed by atoms with van der Waals surface area (Å²) in [7, 11) is 0. The van der Waals surface area contributed by atoms with Crippen molar-refractivity contribution in [3.8, 4) is 56.0 Å². The van der Waals surface area contributed by atoms with Gasteiger partial charge < -0.3 is 9.64 Å². The van der Waals surface area contributed by atoms with Crippen LogP contribution < -0.4 is 9.64 Å². The molecule has 1 heterocycles. The molecule has 10 rings (SSSR count). The van der Waals surface area contributed by atoms with Gasteiger partial charge in [-0.05, 0) is 104 Å². The van der Waals surface area contributed by atoms with E-state index >= 15 is 0 Å². The van der Waals surface area contributed by atoms with Crippen molar-refractivity contribution in [2.45, 2.75) is 19.3 Å². The van der Waals surface area contributed by atoms with E-state index in [1.54, 1.807) is 0 Å². The minimum absolute atomic E-state index is 0.0928. The van der Waals surface area contributed by atoms with Crippen molar-refractivity contribution in [2.24, 2.45) is 0 Å². The van der Waals surface area contributed by atoms with Crippen molar-refractivity contribution in [2.75, 3.05) is 4.90 Å². The van der Waals surface area contributed by atoms with Gasteiger partial charge in [0.05, 0.1) is 0 Å². The highest BCUT2D eigenvalue weighted by Crippen LogP contribution is 2.53. The van der Waals surface area contributed by atoms with Gasteiger partial charge in [0.2, 0.25) is 0 Å². The van der Waals surface area contributed by atoms with Crippen LogP contribution in [-0.2, 0) is 5.41 Å². The number of ether oxygens (including phenoxy) is 1. The molecule has 2 aliphatic rings. The van der Waals surface area contributed by atoms with Crippen LogP contribution in [0, 0.1) is 0 Å². The van der Waals surface area contributed by atoms with Gasteiger partial charge in [0.1, 0.15) is 11.5 Å². The van der Waals surface area contributed by atoms with E-state index in [1.165, 1.54) is 55.5 Å². The molecule has 0 saturated carbocycles. The van der Waals surface area contributed by atoms with E-state index in [-0.39, 0.29) is 5.41 Å². The van der Waals surface area contributed by atoms with E-state index in [4.69, 9.17) is 4.74 Å². The smallest absolute Gasteiger partial charge is 0.137 e. The zero-order valence-corrected chi connectivity index (χ0v) is 28.6. The quantitative estimate of drug-likeness (QED) is 0.183. The third-order valence-corrected chi connectivity index (χ3v) is 10.9. The Hall–Kier alpha value is -6.38. The number of hydrogen-bond donors (Lipinski definition) is 0. The van der Waals surface area contributed by atoms with E-state index in [1.807, 2.05) is 0 Å². The number of benzene rings is 8. The number of rotatable bonds is 5. The van der Waals surface area contributed by atoms with Gasteiger partial charge in [-0.2, -0.15) is 0 Å². The lowest BCUT2D eigenvalue weighted by Crippen LogP contribution is -2.15. The normalized spacial score (nSPS) is 13.2. The van der Waals surface area contributed by atoms with Crippen LogP contribution in [0.25, 0.3) is 55.3 Å². The van der Waals surface area contributed by atoms with Crippen molar-refractivity contribution >= 4 is 27.8 Å². The summed E-state index contributed by atoms with van der Waals surface area (Å²) in [6.45, 7) is 4.69. The Balaban J connectivity index is 1.11. The number of para-hydroxylation sites is 1. The zero-order valence-electron chi connectivity index (χ0n) is 28.6. The molecule has 0 amide bonds.